The van der Waals surface area contributed by atoms with Crippen molar-refractivity contribution in [2.45, 2.75) is 6.92 Å². The van der Waals surface area contributed by atoms with Gasteiger partial charge in [-0.25, -0.2) is 9.37 Å². The van der Waals surface area contributed by atoms with E-state index in [-0.39, 0.29) is 0 Å². The minimum Gasteiger partial charge on any atom is -0.356 e. The van der Waals surface area contributed by atoms with Gasteiger partial charge in [-0.2, -0.15) is 4.39 Å². The first-order valence-electron chi connectivity index (χ1n) is 3.91. The van der Waals surface area contributed by atoms with Crippen LogP contribution in [0, 0.1) is 18.7 Å². The number of aromatic nitrogens is 2. The molecule has 5 heteroatoms. The molecule has 0 bridgehead atoms. The first-order valence-corrected chi connectivity index (χ1v) is 3.91. The van der Waals surface area contributed by atoms with Crippen molar-refractivity contribution in [2.75, 3.05) is 0 Å². The Kier molecular flexibility index (Phi) is 1.99. The summed E-state index contributed by atoms with van der Waals surface area (Å²) in [7, 11) is 0. The van der Waals surface area contributed by atoms with Crippen molar-refractivity contribution < 1.29 is 13.3 Å². The summed E-state index contributed by atoms with van der Waals surface area (Å²) in [6.07, 6.45) is 1.19. The molecule has 0 atom stereocenters. The van der Waals surface area contributed by atoms with E-state index >= 15 is 0 Å². The summed E-state index contributed by atoms with van der Waals surface area (Å²) in [5.41, 5.74) is 1.04. The molecule has 72 valence electrons. The van der Waals surface area contributed by atoms with Gasteiger partial charge in [0, 0.05) is 17.8 Å². The average Bonchev–Trinajstić information content (AvgIpc) is 2.57. The van der Waals surface area contributed by atoms with Crippen molar-refractivity contribution in [1.29, 1.82) is 0 Å². The van der Waals surface area contributed by atoms with Crippen molar-refractivity contribution in [2.24, 2.45) is 0 Å². The molecule has 0 aliphatic heterocycles. The maximum absolute atomic E-state index is 12.8. The summed E-state index contributed by atoms with van der Waals surface area (Å²) in [4.78, 5) is 3.23. The van der Waals surface area contributed by atoms with Crippen LogP contribution in [0.2, 0.25) is 0 Å². The summed E-state index contributed by atoms with van der Waals surface area (Å²) in [6.45, 7) is 1.74. The zero-order valence-electron chi connectivity index (χ0n) is 7.29. The Morgan fingerprint density at radius 3 is 2.64 bits per heavy atom. The van der Waals surface area contributed by atoms with Crippen LogP contribution in [0.4, 0.5) is 8.78 Å². The van der Waals surface area contributed by atoms with E-state index in [2.05, 4.69) is 10.1 Å². The highest BCUT2D eigenvalue weighted by Gasteiger charge is 2.09. The molecule has 14 heavy (non-hydrogen) atoms. The Morgan fingerprint density at radius 2 is 2.07 bits per heavy atom. The van der Waals surface area contributed by atoms with E-state index in [0.29, 0.717) is 17.0 Å². The summed E-state index contributed by atoms with van der Waals surface area (Å²) >= 11 is 0. The Morgan fingerprint density at radius 1 is 1.29 bits per heavy atom. The predicted molar refractivity (Wildman–Crippen MR) is 44.4 cm³/mol. The van der Waals surface area contributed by atoms with Gasteiger partial charge in [-0.15, -0.1) is 0 Å². The standard InChI is InChI=1S/C9H6F2N2O/c1-5-2-8(14-13-5)6-3-7(10)9(11)12-4-6/h2-4H,1H3. The van der Waals surface area contributed by atoms with Crippen LogP contribution in [-0.2, 0) is 0 Å². The van der Waals surface area contributed by atoms with Gasteiger partial charge in [0.05, 0.1) is 5.69 Å². The molecule has 2 aromatic rings. The van der Waals surface area contributed by atoms with Gasteiger partial charge in [0.2, 0.25) is 5.95 Å². The molecule has 2 rings (SSSR count). The number of halogens is 2. The lowest BCUT2D eigenvalue weighted by molar-refractivity contribution is 0.425. The van der Waals surface area contributed by atoms with E-state index in [0.717, 1.165) is 6.07 Å². The van der Waals surface area contributed by atoms with Crippen LogP contribution in [0.15, 0.2) is 22.9 Å². The Labute approximate surface area is 78.4 Å². The van der Waals surface area contributed by atoms with Crippen LogP contribution < -0.4 is 0 Å². The molecule has 2 heterocycles. The number of nitrogens with zero attached hydrogens (tertiary/aromatic N) is 2. The van der Waals surface area contributed by atoms with Crippen molar-refractivity contribution >= 4 is 0 Å². The lowest BCUT2D eigenvalue weighted by Gasteiger charge is -1.95. The molecule has 0 unspecified atom stereocenters. The van der Waals surface area contributed by atoms with Gasteiger partial charge in [0.15, 0.2) is 11.6 Å². The van der Waals surface area contributed by atoms with Gasteiger partial charge < -0.3 is 4.52 Å². The largest absolute Gasteiger partial charge is 0.356 e. The van der Waals surface area contributed by atoms with Crippen molar-refractivity contribution in [1.82, 2.24) is 10.1 Å². The van der Waals surface area contributed by atoms with E-state index in [1.807, 2.05) is 0 Å². The fourth-order valence-electron chi connectivity index (χ4n) is 1.06. The quantitative estimate of drug-likeness (QED) is 0.657. The average molecular weight is 196 g/mol. The summed E-state index contributed by atoms with van der Waals surface area (Å²) in [5.74, 6) is -1.75. The van der Waals surface area contributed by atoms with E-state index in [1.165, 1.54) is 6.20 Å². The third-order valence-electron chi connectivity index (χ3n) is 1.71. The maximum Gasteiger partial charge on any atom is 0.248 e. The molecule has 0 aliphatic carbocycles. The minimum absolute atomic E-state index is 0.365. The SMILES string of the molecule is Cc1cc(-c2cnc(F)c(F)c2)on1. The molecule has 0 saturated carbocycles. The summed E-state index contributed by atoms with van der Waals surface area (Å²) in [5, 5.41) is 3.63. The Hall–Kier alpha value is -1.78. The number of hydrogen-bond acceptors (Lipinski definition) is 3. The van der Waals surface area contributed by atoms with Crippen LogP contribution >= 0.6 is 0 Å². The van der Waals surface area contributed by atoms with Crippen LogP contribution in [0.5, 0.6) is 0 Å². The lowest BCUT2D eigenvalue weighted by Crippen LogP contribution is -1.89. The van der Waals surface area contributed by atoms with Crippen LogP contribution in [0.25, 0.3) is 11.3 Å². The van der Waals surface area contributed by atoms with Crippen LogP contribution in [0.3, 0.4) is 0 Å². The van der Waals surface area contributed by atoms with Crippen molar-refractivity contribution in [3.05, 3.63) is 35.8 Å². The van der Waals surface area contributed by atoms with Crippen LogP contribution in [0.1, 0.15) is 5.69 Å². The molecule has 0 aliphatic rings. The zero-order chi connectivity index (χ0) is 10.1. The maximum atomic E-state index is 12.8. The molecule has 0 aromatic carbocycles. The number of aryl methyl sites for hydroxylation is 1. The number of rotatable bonds is 1. The topological polar surface area (TPSA) is 38.9 Å². The highest BCUT2D eigenvalue weighted by Crippen LogP contribution is 2.20. The second kappa shape index (κ2) is 3.17. The third kappa shape index (κ3) is 1.48. The molecular formula is C9H6F2N2O. The monoisotopic (exact) mass is 196 g/mol. The second-order valence-corrected chi connectivity index (χ2v) is 2.83. The van der Waals surface area contributed by atoms with Crippen molar-refractivity contribution in [3.8, 4) is 11.3 Å². The molecule has 0 N–H and O–H groups in total. The molecule has 0 saturated heterocycles. The zero-order valence-corrected chi connectivity index (χ0v) is 7.29. The van der Waals surface area contributed by atoms with Gasteiger partial charge in [0.25, 0.3) is 0 Å². The minimum atomic E-state index is -1.12. The Balaban J connectivity index is 2.47. The normalized spacial score (nSPS) is 10.5. The second-order valence-electron chi connectivity index (χ2n) is 2.83. The molecule has 3 nitrogen and oxygen atoms in total. The molecule has 0 spiro atoms. The lowest BCUT2D eigenvalue weighted by atomic mass is 10.2. The first-order chi connectivity index (χ1) is 6.66. The van der Waals surface area contributed by atoms with Crippen LogP contribution in [-0.4, -0.2) is 10.1 Å². The molecule has 0 radical (unpaired) electrons. The van der Waals surface area contributed by atoms with Gasteiger partial charge in [0.1, 0.15) is 0 Å². The van der Waals surface area contributed by atoms with E-state index in [9.17, 15) is 8.78 Å². The van der Waals surface area contributed by atoms with E-state index in [4.69, 9.17) is 4.52 Å². The fraction of sp³-hybridized carbons (Fsp3) is 0.111. The van der Waals surface area contributed by atoms with E-state index in [1.54, 1.807) is 13.0 Å². The first kappa shape index (κ1) is 8.80. The highest BCUT2D eigenvalue weighted by molar-refractivity contribution is 5.55. The molecule has 2 aromatic heterocycles. The predicted octanol–water partition coefficient (Wildman–Crippen LogP) is 2.32. The molecule has 0 fully saturated rings. The molecular weight excluding hydrogens is 190 g/mol. The van der Waals surface area contributed by atoms with Gasteiger partial charge in [-0.05, 0) is 13.0 Å². The van der Waals surface area contributed by atoms with Gasteiger partial charge >= 0.3 is 0 Å². The third-order valence-corrected chi connectivity index (χ3v) is 1.71. The van der Waals surface area contributed by atoms with Crippen molar-refractivity contribution in [3.63, 3.8) is 0 Å². The smallest absolute Gasteiger partial charge is 0.248 e. The fourth-order valence-corrected chi connectivity index (χ4v) is 1.06. The number of pyridine rings is 1. The number of hydrogen-bond donors (Lipinski definition) is 0. The summed E-state index contributed by atoms with van der Waals surface area (Å²) < 4.78 is 30.1. The summed E-state index contributed by atoms with van der Waals surface area (Å²) in [6, 6.07) is 2.64. The van der Waals surface area contributed by atoms with E-state index < -0.39 is 11.8 Å². The van der Waals surface area contributed by atoms with Gasteiger partial charge in [-0.1, -0.05) is 5.16 Å². The van der Waals surface area contributed by atoms with Gasteiger partial charge in [-0.3, -0.25) is 0 Å². The highest BCUT2D eigenvalue weighted by atomic mass is 19.2. The Bertz CT molecular complexity index is 468. The molecule has 0 amide bonds.